The fourth-order valence-corrected chi connectivity index (χ4v) is 4.28. The Bertz CT molecular complexity index is 1200. The van der Waals surface area contributed by atoms with Crippen LogP contribution in [0, 0.1) is 0 Å². The van der Waals surface area contributed by atoms with Crippen molar-refractivity contribution in [3.8, 4) is 5.69 Å². The van der Waals surface area contributed by atoms with Crippen LogP contribution in [0.5, 0.6) is 0 Å². The average molecular weight is 412 g/mol. The van der Waals surface area contributed by atoms with E-state index in [9.17, 15) is 4.79 Å². The van der Waals surface area contributed by atoms with E-state index in [-0.39, 0.29) is 5.91 Å². The van der Waals surface area contributed by atoms with Gasteiger partial charge in [0.1, 0.15) is 5.76 Å². The molecule has 1 atom stereocenters. The first-order chi connectivity index (χ1) is 15.2. The number of fused-ring (bicyclic) bond motifs is 1. The van der Waals surface area contributed by atoms with Crippen LogP contribution in [0.15, 0.2) is 84.0 Å². The van der Waals surface area contributed by atoms with Crippen LogP contribution >= 0.6 is 0 Å². The highest BCUT2D eigenvalue weighted by Crippen LogP contribution is 2.33. The second-order valence-corrected chi connectivity index (χ2v) is 7.85. The number of hydrogen-bond acceptors (Lipinski definition) is 4. The van der Waals surface area contributed by atoms with E-state index in [0.717, 1.165) is 17.7 Å². The molecular formula is C25H24N4O2. The fourth-order valence-electron chi connectivity index (χ4n) is 4.28. The number of para-hydroxylation sites is 2. The zero-order valence-corrected chi connectivity index (χ0v) is 17.4. The van der Waals surface area contributed by atoms with Crippen molar-refractivity contribution in [1.82, 2.24) is 14.9 Å². The van der Waals surface area contributed by atoms with E-state index < -0.39 is 0 Å². The van der Waals surface area contributed by atoms with Crippen LogP contribution in [0.4, 0.5) is 5.69 Å². The van der Waals surface area contributed by atoms with Gasteiger partial charge in [-0.15, -0.1) is 0 Å². The molecule has 1 aliphatic heterocycles. The van der Waals surface area contributed by atoms with Gasteiger partial charge in [-0.1, -0.05) is 36.4 Å². The van der Waals surface area contributed by atoms with Crippen molar-refractivity contribution in [2.24, 2.45) is 0 Å². The quantitative estimate of drug-likeness (QED) is 0.512. The number of imidazole rings is 1. The Kier molecular flexibility index (Phi) is 5.04. The summed E-state index contributed by atoms with van der Waals surface area (Å²) >= 11 is 0. The Hall–Kier alpha value is -3.80. The van der Waals surface area contributed by atoms with Crippen molar-refractivity contribution < 1.29 is 9.21 Å². The van der Waals surface area contributed by atoms with E-state index in [4.69, 9.17) is 4.42 Å². The molecule has 0 fully saturated rings. The molecule has 2 aromatic heterocycles. The maximum atomic E-state index is 13.0. The minimum absolute atomic E-state index is 0.135. The van der Waals surface area contributed by atoms with Gasteiger partial charge in [0.25, 0.3) is 5.91 Å². The molecular weight excluding hydrogens is 388 g/mol. The third-order valence-electron chi connectivity index (χ3n) is 5.87. The molecule has 1 N–H and O–H groups in total. The molecule has 0 bridgehead atoms. The molecule has 0 aliphatic carbocycles. The molecule has 156 valence electrons. The Labute approximate surface area is 181 Å². The van der Waals surface area contributed by atoms with Gasteiger partial charge < -0.3 is 19.2 Å². The monoisotopic (exact) mass is 412 g/mol. The number of furan rings is 1. The standard InChI is InChI=1S/C25H24N4O2/c1-18-14-19-6-2-5-9-23(19)29(18)16-24-21(10-13-31-24)25(30)27-15-20-7-3-4-8-22(20)28-12-11-26-17-28/h2-13,17-18H,14-16H2,1H3,(H,27,30). The maximum absolute atomic E-state index is 13.0. The molecule has 31 heavy (non-hydrogen) atoms. The van der Waals surface area contributed by atoms with Crippen molar-refractivity contribution in [3.05, 3.63) is 102 Å². The van der Waals surface area contributed by atoms with Crippen LogP contribution in [-0.2, 0) is 19.5 Å². The van der Waals surface area contributed by atoms with Gasteiger partial charge in [-0.3, -0.25) is 4.79 Å². The van der Waals surface area contributed by atoms with Gasteiger partial charge in [0.15, 0.2) is 0 Å². The van der Waals surface area contributed by atoms with Crippen LogP contribution in [0.1, 0.15) is 34.2 Å². The number of benzene rings is 2. The summed E-state index contributed by atoms with van der Waals surface area (Å²) in [4.78, 5) is 19.4. The summed E-state index contributed by atoms with van der Waals surface area (Å²) in [5, 5.41) is 3.05. The van der Waals surface area contributed by atoms with Crippen molar-refractivity contribution in [1.29, 1.82) is 0 Å². The van der Waals surface area contributed by atoms with Gasteiger partial charge in [-0.2, -0.15) is 0 Å². The first kappa shape index (κ1) is 19.2. The predicted octanol–water partition coefficient (Wildman–Crippen LogP) is 4.35. The lowest BCUT2D eigenvalue weighted by molar-refractivity contribution is 0.0949. The molecule has 2 aromatic carbocycles. The Balaban J connectivity index is 1.31. The van der Waals surface area contributed by atoms with E-state index >= 15 is 0 Å². The molecule has 3 heterocycles. The van der Waals surface area contributed by atoms with Gasteiger partial charge in [0, 0.05) is 30.7 Å². The normalized spacial score (nSPS) is 15.1. The highest BCUT2D eigenvalue weighted by molar-refractivity contribution is 5.95. The molecule has 1 aliphatic rings. The summed E-state index contributed by atoms with van der Waals surface area (Å²) in [5.74, 6) is 0.549. The minimum Gasteiger partial charge on any atom is -0.467 e. The molecule has 4 aromatic rings. The average Bonchev–Trinajstić information content (AvgIpc) is 3.54. The second-order valence-electron chi connectivity index (χ2n) is 7.85. The molecule has 0 saturated heterocycles. The fraction of sp³-hybridized carbons (Fsp3) is 0.200. The van der Waals surface area contributed by atoms with Gasteiger partial charge in [0.2, 0.25) is 0 Å². The van der Waals surface area contributed by atoms with Crippen molar-refractivity contribution in [3.63, 3.8) is 0 Å². The Morgan fingerprint density at radius 2 is 1.94 bits per heavy atom. The zero-order valence-electron chi connectivity index (χ0n) is 17.4. The Morgan fingerprint density at radius 3 is 2.77 bits per heavy atom. The van der Waals surface area contributed by atoms with Crippen molar-refractivity contribution >= 4 is 11.6 Å². The molecule has 1 unspecified atom stereocenters. The first-order valence-electron chi connectivity index (χ1n) is 10.5. The molecule has 1 amide bonds. The lowest BCUT2D eigenvalue weighted by atomic mass is 10.1. The minimum atomic E-state index is -0.135. The SMILES string of the molecule is CC1Cc2ccccc2N1Cc1occc1C(=O)NCc1ccccc1-n1ccnc1. The number of carbonyl (C=O) groups is 1. The molecule has 6 nitrogen and oxygen atoms in total. The van der Waals surface area contributed by atoms with Crippen LogP contribution in [0.2, 0.25) is 0 Å². The van der Waals surface area contributed by atoms with E-state index in [1.54, 1.807) is 24.9 Å². The van der Waals surface area contributed by atoms with Gasteiger partial charge in [-0.05, 0) is 42.7 Å². The van der Waals surface area contributed by atoms with E-state index in [0.29, 0.717) is 30.5 Å². The van der Waals surface area contributed by atoms with E-state index in [1.807, 2.05) is 35.0 Å². The lowest BCUT2D eigenvalue weighted by Gasteiger charge is -2.24. The first-order valence-corrected chi connectivity index (χ1v) is 10.5. The van der Waals surface area contributed by atoms with Gasteiger partial charge in [0.05, 0.1) is 30.4 Å². The van der Waals surface area contributed by atoms with Crippen LogP contribution in [0.3, 0.4) is 0 Å². The summed E-state index contributed by atoms with van der Waals surface area (Å²) < 4.78 is 7.67. The number of amides is 1. The highest BCUT2D eigenvalue weighted by atomic mass is 16.3. The van der Waals surface area contributed by atoms with Gasteiger partial charge >= 0.3 is 0 Å². The van der Waals surface area contributed by atoms with Crippen LogP contribution in [0.25, 0.3) is 5.69 Å². The molecule has 0 spiro atoms. The summed E-state index contributed by atoms with van der Waals surface area (Å²) in [6, 6.07) is 18.5. The number of nitrogens with zero attached hydrogens (tertiary/aromatic N) is 3. The zero-order chi connectivity index (χ0) is 21.2. The number of rotatable bonds is 6. The third kappa shape index (κ3) is 3.72. The third-order valence-corrected chi connectivity index (χ3v) is 5.87. The van der Waals surface area contributed by atoms with E-state index in [2.05, 4.69) is 46.4 Å². The maximum Gasteiger partial charge on any atom is 0.255 e. The highest BCUT2D eigenvalue weighted by Gasteiger charge is 2.28. The number of hydrogen-bond donors (Lipinski definition) is 1. The molecule has 0 saturated carbocycles. The second kappa shape index (κ2) is 8.14. The number of anilines is 1. The number of aromatic nitrogens is 2. The van der Waals surface area contributed by atoms with Gasteiger partial charge in [-0.25, -0.2) is 4.98 Å². The number of nitrogens with one attached hydrogen (secondary N) is 1. The summed E-state index contributed by atoms with van der Waals surface area (Å²) in [7, 11) is 0. The smallest absolute Gasteiger partial charge is 0.255 e. The summed E-state index contributed by atoms with van der Waals surface area (Å²) in [5.41, 5.74) is 5.14. The molecule has 6 heteroatoms. The van der Waals surface area contributed by atoms with Crippen LogP contribution < -0.4 is 10.2 Å². The largest absolute Gasteiger partial charge is 0.467 e. The van der Waals surface area contributed by atoms with Crippen LogP contribution in [-0.4, -0.2) is 21.5 Å². The summed E-state index contributed by atoms with van der Waals surface area (Å²) in [6.07, 6.45) is 7.98. The van der Waals surface area contributed by atoms with Crippen molar-refractivity contribution in [2.45, 2.75) is 32.5 Å². The summed E-state index contributed by atoms with van der Waals surface area (Å²) in [6.45, 7) is 3.19. The molecule has 0 radical (unpaired) electrons. The molecule has 5 rings (SSSR count). The topological polar surface area (TPSA) is 63.3 Å². The number of carbonyl (C=O) groups excluding carboxylic acids is 1. The van der Waals surface area contributed by atoms with Crippen molar-refractivity contribution in [2.75, 3.05) is 4.90 Å². The Morgan fingerprint density at radius 1 is 1.13 bits per heavy atom. The van der Waals surface area contributed by atoms with E-state index in [1.165, 1.54) is 11.3 Å². The lowest BCUT2D eigenvalue weighted by Crippen LogP contribution is -2.30. The predicted molar refractivity (Wildman–Crippen MR) is 119 cm³/mol.